The summed E-state index contributed by atoms with van der Waals surface area (Å²) in [7, 11) is 4.09. The van der Waals surface area contributed by atoms with E-state index >= 15 is 0 Å². The fourth-order valence-corrected chi connectivity index (χ4v) is 4.62. The smallest absolute Gasteiger partial charge is 0.261 e. The maximum atomic E-state index is 12.7. The first-order chi connectivity index (χ1) is 13.1. The minimum Gasteiger partial charge on any atom is -0.351 e. The average molecular weight is 419 g/mol. The quantitative estimate of drug-likeness (QED) is 0.617. The Labute approximate surface area is 175 Å². The molecule has 1 aromatic carbocycles. The van der Waals surface area contributed by atoms with E-state index in [2.05, 4.69) is 29.2 Å². The van der Waals surface area contributed by atoms with Gasteiger partial charge in [0.2, 0.25) is 0 Å². The minimum atomic E-state index is -0.0227. The van der Waals surface area contributed by atoms with E-state index in [1.54, 1.807) is 0 Å². The van der Waals surface area contributed by atoms with E-state index in [0.717, 1.165) is 37.9 Å². The maximum absolute atomic E-state index is 12.7. The fourth-order valence-electron chi connectivity index (χ4n) is 3.41. The summed E-state index contributed by atoms with van der Waals surface area (Å²) in [6, 6.07) is 9.72. The molecule has 0 aliphatic heterocycles. The molecular formula is C21H27ClN4OS. The summed E-state index contributed by atoms with van der Waals surface area (Å²) in [5, 5.41) is 9.49. The number of rotatable bonds is 7. The Morgan fingerprint density at radius 2 is 1.96 bits per heavy atom. The van der Waals surface area contributed by atoms with Gasteiger partial charge in [-0.05, 0) is 50.2 Å². The highest BCUT2D eigenvalue weighted by atomic mass is 35.5. The first-order valence-corrected chi connectivity index (χ1v) is 10.5. The van der Waals surface area contributed by atoms with Gasteiger partial charge in [0, 0.05) is 23.5 Å². The SMILES string of the molecule is Cc1nn(Cc2ccc(Cl)cc2)c2sc(C(=O)NCC(C)(C)CN(C)C)cc12. The molecule has 0 spiro atoms. The number of hydrogen-bond donors (Lipinski definition) is 1. The minimum absolute atomic E-state index is 0.0111. The summed E-state index contributed by atoms with van der Waals surface area (Å²) in [4.78, 5) is 16.6. The van der Waals surface area contributed by atoms with E-state index < -0.39 is 0 Å². The number of nitrogens with zero attached hydrogens (tertiary/aromatic N) is 3. The van der Waals surface area contributed by atoms with Crippen LogP contribution in [0.1, 0.15) is 34.8 Å². The number of fused-ring (bicyclic) bond motifs is 1. The standard InChI is InChI=1S/C21H27ClN4OS/c1-14-17-10-18(19(27)23-12-21(2,3)13-25(4)5)28-20(17)26(24-14)11-15-6-8-16(22)9-7-15/h6-10H,11-13H2,1-5H3,(H,23,27). The number of nitrogens with one attached hydrogen (secondary N) is 1. The Bertz CT molecular complexity index is 972. The Hall–Kier alpha value is -1.89. The highest BCUT2D eigenvalue weighted by molar-refractivity contribution is 7.20. The van der Waals surface area contributed by atoms with Gasteiger partial charge in [-0.2, -0.15) is 5.10 Å². The summed E-state index contributed by atoms with van der Waals surface area (Å²) in [6.07, 6.45) is 0. The van der Waals surface area contributed by atoms with E-state index in [-0.39, 0.29) is 11.3 Å². The molecule has 0 saturated carbocycles. The molecule has 0 saturated heterocycles. The van der Waals surface area contributed by atoms with Crippen molar-refractivity contribution in [2.45, 2.75) is 27.3 Å². The second-order valence-corrected chi connectivity index (χ2v) is 9.75. The average Bonchev–Trinajstić information content (AvgIpc) is 3.16. The van der Waals surface area contributed by atoms with Gasteiger partial charge >= 0.3 is 0 Å². The number of carbonyl (C=O) groups excluding carboxylic acids is 1. The van der Waals surface area contributed by atoms with Crippen LogP contribution in [0, 0.1) is 12.3 Å². The highest BCUT2D eigenvalue weighted by Gasteiger charge is 2.22. The zero-order chi connectivity index (χ0) is 20.5. The number of benzene rings is 1. The Kier molecular flexibility index (Phi) is 6.12. The largest absolute Gasteiger partial charge is 0.351 e. The molecule has 0 radical (unpaired) electrons. The van der Waals surface area contributed by atoms with Crippen LogP contribution in [0.15, 0.2) is 30.3 Å². The van der Waals surface area contributed by atoms with E-state index in [1.807, 2.05) is 56.0 Å². The number of carbonyl (C=O) groups is 1. The summed E-state index contributed by atoms with van der Waals surface area (Å²) in [5.74, 6) is -0.0227. The zero-order valence-electron chi connectivity index (χ0n) is 17.0. The number of aromatic nitrogens is 2. The Morgan fingerprint density at radius 3 is 2.61 bits per heavy atom. The second-order valence-electron chi connectivity index (χ2n) is 8.28. The van der Waals surface area contributed by atoms with E-state index in [1.165, 1.54) is 11.3 Å². The predicted molar refractivity (Wildman–Crippen MR) is 118 cm³/mol. The molecule has 1 N–H and O–H groups in total. The molecular weight excluding hydrogens is 392 g/mol. The first kappa shape index (κ1) is 20.8. The topological polar surface area (TPSA) is 50.2 Å². The van der Waals surface area contributed by atoms with Crippen molar-refractivity contribution in [3.63, 3.8) is 0 Å². The van der Waals surface area contributed by atoms with Crippen LogP contribution in [0.5, 0.6) is 0 Å². The lowest BCUT2D eigenvalue weighted by atomic mass is 9.93. The summed E-state index contributed by atoms with van der Waals surface area (Å²) < 4.78 is 1.96. The number of aryl methyl sites for hydroxylation is 1. The maximum Gasteiger partial charge on any atom is 0.261 e. The third-order valence-electron chi connectivity index (χ3n) is 4.55. The van der Waals surface area contributed by atoms with Gasteiger partial charge in [0.05, 0.1) is 17.1 Å². The van der Waals surface area contributed by atoms with E-state index in [4.69, 9.17) is 11.6 Å². The number of halogens is 1. The van der Waals surface area contributed by atoms with Crippen molar-refractivity contribution in [3.8, 4) is 0 Å². The van der Waals surface area contributed by atoms with Crippen LogP contribution in [-0.2, 0) is 6.54 Å². The molecule has 3 rings (SSSR count). The van der Waals surface area contributed by atoms with Crippen LogP contribution in [0.2, 0.25) is 5.02 Å². The van der Waals surface area contributed by atoms with Crippen LogP contribution in [0.3, 0.4) is 0 Å². The lowest BCUT2D eigenvalue weighted by Crippen LogP contribution is -2.39. The predicted octanol–water partition coefficient (Wildman–Crippen LogP) is 4.43. The fraction of sp³-hybridized carbons (Fsp3) is 0.429. The van der Waals surface area contributed by atoms with Gasteiger partial charge in [-0.1, -0.05) is 37.6 Å². The zero-order valence-corrected chi connectivity index (χ0v) is 18.6. The van der Waals surface area contributed by atoms with Crippen molar-refractivity contribution in [2.24, 2.45) is 5.41 Å². The van der Waals surface area contributed by atoms with Gasteiger partial charge in [0.1, 0.15) is 4.83 Å². The van der Waals surface area contributed by atoms with Crippen molar-refractivity contribution >= 4 is 39.1 Å². The summed E-state index contributed by atoms with van der Waals surface area (Å²) >= 11 is 7.47. The number of thiophene rings is 1. The van der Waals surface area contributed by atoms with Gasteiger partial charge in [0.15, 0.2) is 0 Å². The molecule has 0 aliphatic carbocycles. The molecule has 1 amide bonds. The third-order valence-corrected chi connectivity index (χ3v) is 5.95. The summed E-state index contributed by atoms with van der Waals surface area (Å²) in [5.41, 5.74) is 2.07. The molecule has 5 nitrogen and oxygen atoms in total. The molecule has 0 bridgehead atoms. The first-order valence-electron chi connectivity index (χ1n) is 9.29. The van der Waals surface area contributed by atoms with Gasteiger partial charge in [-0.15, -0.1) is 11.3 Å². The molecule has 150 valence electrons. The molecule has 0 unspecified atom stereocenters. The Morgan fingerprint density at radius 1 is 1.29 bits per heavy atom. The Balaban J connectivity index is 1.76. The van der Waals surface area contributed by atoms with Gasteiger partial charge in [0.25, 0.3) is 5.91 Å². The van der Waals surface area contributed by atoms with Gasteiger partial charge in [-0.3, -0.25) is 9.48 Å². The monoisotopic (exact) mass is 418 g/mol. The lowest BCUT2D eigenvalue weighted by molar-refractivity contribution is 0.0933. The van der Waals surface area contributed by atoms with Crippen molar-refractivity contribution in [3.05, 3.63) is 51.5 Å². The van der Waals surface area contributed by atoms with Gasteiger partial charge in [-0.25, -0.2) is 0 Å². The van der Waals surface area contributed by atoms with Crippen molar-refractivity contribution < 1.29 is 4.79 Å². The normalized spacial score (nSPS) is 12.1. The summed E-state index contributed by atoms with van der Waals surface area (Å²) in [6.45, 7) is 8.50. The molecule has 28 heavy (non-hydrogen) atoms. The van der Waals surface area contributed by atoms with E-state index in [0.29, 0.717) is 13.1 Å². The number of hydrogen-bond acceptors (Lipinski definition) is 4. The molecule has 2 aromatic heterocycles. The molecule has 3 aromatic rings. The van der Waals surface area contributed by atoms with Crippen LogP contribution in [0.4, 0.5) is 0 Å². The molecule has 0 fully saturated rings. The number of amides is 1. The van der Waals surface area contributed by atoms with Crippen LogP contribution < -0.4 is 5.32 Å². The lowest BCUT2D eigenvalue weighted by Gasteiger charge is -2.28. The molecule has 2 heterocycles. The van der Waals surface area contributed by atoms with Crippen LogP contribution >= 0.6 is 22.9 Å². The van der Waals surface area contributed by atoms with E-state index in [9.17, 15) is 4.79 Å². The van der Waals surface area contributed by atoms with Crippen LogP contribution in [-0.4, -0.2) is 47.8 Å². The molecule has 0 atom stereocenters. The van der Waals surface area contributed by atoms with Crippen molar-refractivity contribution in [1.29, 1.82) is 0 Å². The van der Waals surface area contributed by atoms with Crippen molar-refractivity contribution in [2.75, 3.05) is 27.2 Å². The highest BCUT2D eigenvalue weighted by Crippen LogP contribution is 2.29. The van der Waals surface area contributed by atoms with Crippen molar-refractivity contribution in [1.82, 2.24) is 20.0 Å². The van der Waals surface area contributed by atoms with Crippen LogP contribution in [0.25, 0.3) is 10.2 Å². The second kappa shape index (κ2) is 8.23. The molecule has 7 heteroatoms. The third kappa shape index (κ3) is 4.93. The molecule has 0 aliphatic rings. The van der Waals surface area contributed by atoms with Gasteiger partial charge < -0.3 is 10.2 Å².